The van der Waals surface area contributed by atoms with Gasteiger partial charge in [-0.1, -0.05) is 0 Å². The van der Waals surface area contributed by atoms with Gasteiger partial charge in [0.05, 0.1) is 0 Å². The second-order valence-electron chi connectivity index (χ2n) is 8.15. The molecule has 6 aliphatic rings. The first kappa shape index (κ1) is 16.3. The van der Waals surface area contributed by atoms with E-state index >= 15 is 0 Å². The van der Waals surface area contributed by atoms with E-state index in [-0.39, 0.29) is 10.8 Å². The summed E-state index contributed by atoms with van der Waals surface area (Å²) in [4.78, 5) is 0. The van der Waals surface area contributed by atoms with E-state index in [0.29, 0.717) is 0 Å². The van der Waals surface area contributed by atoms with Crippen molar-refractivity contribution in [2.75, 3.05) is 0 Å². The minimum absolute atomic E-state index is 0.0967. The molecule has 0 fully saturated rings. The molecule has 0 aromatic carbocycles. The van der Waals surface area contributed by atoms with E-state index in [9.17, 15) is 0 Å². The van der Waals surface area contributed by atoms with Crippen molar-refractivity contribution in [3.05, 3.63) is 114 Å². The van der Waals surface area contributed by atoms with E-state index in [2.05, 4.69) is 85.1 Å². The summed E-state index contributed by atoms with van der Waals surface area (Å²) in [5, 5.41) is 0. The third kappa shape index (κ3) is 2.19. The van der Waals surface area contributed by atoms with Crippen LogP contribution in [0.1, 0.15) is 25.7 Å². The van der Waals surface area contributed by atoms with Gasteiger partial charge in [-0.2, -0.15) is 0 Å². The molecule has 0 bridgehead atoms. The third-order valence-corrected chi connectivity index (χ3v) is 10.5. The van der Waals surface area contributed by atoms with Gasteiger partial charge in [-0.15, -0.1) is 0 Å². The van der Waals surface area contributed by atoms with Gasteiger partial charge in [0.2, 0.25) is 0 Å². The fraction of sp³-hybridized carbons (Fsp3) is 0.231. The van der Waals surface area contributed by atoms with Crippen molar-refractivity contribution in [2.45, 2.75) is 25.7 Å². The molecule has 0 aliphatic heterocycles. The summed E-state index contributed by atoms with van der Waals surface area (Å²) in [5.74, 6) is 0. The molecule has 0 nitrogen and oxygen atoms in total. The molecule has 0 radical (unpaired) electrons. The summed E-state index contributed by atoms with van der Waals surface area (Å²) in [6, 6.07) is 0. The molecule has 1 heteroatoms. The number of hydrogen-bond donors (Lipinski definition) is 0. The van der Waals surface area contributed by atoms with Crippen LogP contribution < -0.4 is 0 Å². The third-order valence-electron chi connectivity index (χ3n) is 6.91. The van der Waals surface area contributed by atoms with Crippen LogP contribution in [-0.4, -0.2) is 0 Å². The summed E-state index contributed by atoms with van der Waals surface area (Å²) in [6.07, 6.45) is 38.1. The normalized spacial score (nSPS) is 34.4. The van der Waals surface area contributed by atoms with Crippen molar-refractivity contribution in [3.8, 4) is 0 Å². The molecule has 0 heterocycles. The topological polar surface area (TPSA) is 0 Å². The summed E-state index contributed by atoms with van der Waals surface area (Å²) in [7, 11) is 0. The van der Waals surface area contributed by atoms with Crippen molar-refractivity contribution in [1.29, 1.82) is 0 Å². The monoisotopic (exact) mass is 424 g/mol. The van der Waals surface area contributed by atoms with Crippen molar-refractivity contribution >= 4 is 0 Å². The van der Waals surface area contributed by atoms with Crippen LogP contribution in [0.2, 0.25) is 0 Å². The van der Waals surface area contributed by atoms with E-state index in [1.165, 1.54) is 36.8 Å². The van der Waals surface area contributed by atoms with Gasteiger partial charge in [-0.25, -0.2) is 0 Å². The van der Waals surface area contributed by atoms with E-state index in [4.69, 9.17) is 0 Å². The molecule has 6 aliphatic carbocycles. The first-order valence-corrected chi connectivity index (χ1v) is 12.5. The summed E-state index contributed by atoms with van der Waals surface area (Å²) in [5.41, 5.74) is 6.60. The fourth-order valence-corrected chi connectivity index (χ4v) is 9.52. The Morgan fingerprint density at radius 3 is 1.63 bits per heavy atom. The molecule has 0 aromatic heterocycles. The minimum atomic E-state index is -0.801. The van der Waals surface area contributed by atoms with Gasteiger partial charge in [0.1, 0.15) is 0 Å². The van der Waals surface area contributed by atoms with Crippen molar-refractivity contribution in [2.24, 2.45) is 10.8 Å². The van der Waals surface area contributed by atoms with Gasteiger partial charge in [0.25, 0.3) is 0 Å². The Morgan fingerprint density at radius 2 is 1.11 bits per heavy atom. The Hall–Kier alpha value is -1.72. The van der Waals surface area contributed by atoms with Crippen LogP contribution in [0, 0.1) is 10.8 Å². The SMILES string of the molecule is C1=CC2=CCCC3=[C]([Zr][C]4=C5CCC=C6C=CC=CC65C=C4)C=CC23C=C1. The summed E-state index contributed by atoms with van der Waals surface area (Å²) < 4.78 is 3.44. The molecule has 2 unspecified atom stereocenters. The molecular formula is C26H22Zr. The van der Waals surface area contributed by atoms with Gasteiger partial charge in [-0.3, -0.25) is 0 Å². The van der Waals surface area contributed by atoms with Crippen LogP contribution in [0.25, 0.3) is 0 Å². The molecule has 0 aromatic rings. The van der Waals surface area contributed by atoms with E-state index in [1.54, 1.807) is 17.7 Å². The Labute approximate surface area is 173 Å². The zero-order valence-electron chi connectivity index (χ0n) is 15.4. The van der Waals surface area contributed by atoms with Gasteiger partial charge in [0.15, 0.2) is 0 Å². The van der Waals surface area contributed by atoms with Crippen LogP contribution in [0.5, 0.6) is 0 Å². The first-order valence-electron chi connectivity index (χ1n) is 10.1. The number of rotatable bonds is 2. The zero-order valence-corrected chi connectivity index (χ0v) is 17.9. The molecule has 0 saturated carbocycles. The van der Waals surface area contributed by atoms with Crippen molar-refractivity contribution in [3.63, 3.8) is 0 Å². The molecule has 6 rings (SSSR count). The molecule has 27 heavy (non-hydrogen) atoms. The van der Waals surface area contributed by atoms with Crippen LogP contribution in [0.15, 0.2) is 114 Å². The van der Waals surface area contributed by atoms with E-state index in [1.807, 2.05) is 0 Å². The fourth-order valence-electron chi connectivity index (χ4n) is 5.61. The Kier molecular flexibility index (Phi) is 3.55. The maximum absolute atomic E-state index is 2.49. The average molecular weight is 426 g/mol. The summed E-state index contributed by atoms with van der Waals surface area (Å²) in [6.45, 7) is 0. The van der Waals surface area contributed by atoms with Gasteiger partial charge < -0.3 is 0 Å². The number of allylic oxidation sites excluding steroid dienone is 20. The van der Waals surface area contributed by atoms with Crippen LogP contribution in [0.3, 0.4) is 0 Å². The predicted octanol–water partition coefficient (Wildman–Crippen LogP) is 6.38. The van der Waals surface area contributed by atoms with Crippen molar-refractivity contribution in [1.82, 2.24) is 0 Å². The first-order chi connectivity index (χ1) is 13.3. The van der Waals surface area contributed by atoms with Gasteiger partial charge in [0, 0.05) is 0 Å². The van der Waals surface area contributed by atoms with Crippen molar-refractivity contribution < 1.29 is 23.2 Å². The van der Waals surface area contributed by atoms with Gasteiger partial charge in [-0.05, 0) is 0 Å². The molecule has 0 saturated heterocycles. The molecule has 130 valence electrons. The Morgan fingerprint density at radius 1 is 0.593 bits per heavy atom. The molecular weight excluding hydrogens is 404 g/mol. The van der Waals surface area contributed by atoms with Crippen LogP contribution >= 0.6 is 0 Å². The van der Waals surface area contributed by atoms with Crippen LogP contribution in [-0.2, 0) is 23.2 Å². The standard InChI is InChI=1S/2C13H11.Zr/c2*1-2-9-13-10-4-8-12(13)7-3-6-11(13)5-1;/h2*1-2,4-6,9-10H,3,7H2;. The quantitative estimate of drug-likeness (QED) is 0.481. The zero-order chi connectivity index (χ0) is 17.9. The van der Waals surface area contributed by atoms with Gasteiger partial charge >= 0.3 is 174 Å². The second-order valence-corrected chi connectivity index (χ2v) is 11.4. The second kappa shape index (κ2) is 5.89. The molecule has 2 spiro atoms. The van der Waals surface area contributed by atoms with Crippen LogP contribution in [0.4, 0.5) is 0 Å². The molecule has 0 N–H and O–H groups in total. The molecule has 2 atom stereocenters. The maximum atomic E-state index is 2.49. The molecule has 0 amide bonds. The average Bonchev–Trinajstić information content (AvgIpc) is 3.25. The summed E-state index contributed by atoms with van der Waals surface area (Å²) >= 11 is -0.801. The van der Waals surface area contributed by atoms with E-state index < -0.39 is 23.2 Å². The Bertz CT molecular complexity index is 960. The van der Waals surface area contributed by atoms with E-state index in [0.717, 1.165) is 0 Å². The Balaban J connectivity index is 1.42. The predicted molar refractivity (Wildman–Crippen MR) is 108 cm³/mol. The number of hydrogen-bond acceptors (Lipinski definition) is 0.